The van der Waals surface area contributed by atoms with Crippen LogP contribution in [-0.4, -0.2) is 73.6 Å². The fourth-order valence-electron chi connectivity index (χ4n) is 3.77. The molecule has 0 spiro atoms. The van der Waals surface area contributed by atoms with Crippen LogP contribution in [0, 0.1) is 5.92 Å². The second kappa shape index (κ2) is 7.77. The quantitative estimate of drug-likeness (QED) is 0.767. The number of nitrogens with zero attached hydrogens (tertiary/aromatic N) is 3. The Morgan fingerprint density at radius 3 is 2.20 bits per heavy atom. The number of hydrogen-bond donors (Lipinski definition) is 0. The fourth-order valence-corrected chi connectivity index (χ4v) is 3.77. The lowest BCUT2D eigenvalue weighted by molar-refractivity contribution is 0.0825. The van der Waals surface area contributed by atoms with Crippen LogP contribution in [0.3, 0.4) is 0 Å². The van der Waals surface area contributed by atoms with Gasteiger partial charge in [-0.25, -0.2) is 0 Å². The average molecular weight is 281 g/mol. The first-order valence-electron chi connectivity index (χ1n) is 8.73. The summed E-state index contributed by atoms with van der Waals surface area (Å²) in [4.78, 5) is 7.83. The molecule has 1 atom stereocenters. The summed E-state index contributed by atoms with van der Waals surface area (Å²) in [5.41, 5.74) is 0. The van der Waals surface area contributed by atoms with Crippen LogP contribution in [0.1, 0.15) is 46.0 Å². The summed E-state index contributed by atoms with van der Waals surface area (Å²) in [6, 6.07) is 1.55. The minimum atomic E-state index is 0.737. The van der Waals surface area contributed by atoms with Gasteiger partial charge in [0.15, 0.2) is 0 Å². The molecule has 2 aliphatic rings. The van der Waals surface area contributed by atoms with Crippen LogP contribution in [0.15, 0.2) is 0 Å². The molecule has 0 radical (unpaired) electrons. The zero-order valence-electron chi connectivity index (χ0n) is 14.1. The third-order valence-electron chi connectivity index (χ3n) is 5.77. The summed E-state index contributed by atoms with van der Waals surface area (Å²) in [6.45, 7) is 11.3. The van der Waals surface area contributed by atoms with Gasteiger partial charge >= 0.3 is 0 Å². The van der Waals surface area contributed by atoms with E-state index in [0.717, 1.165) is 18.0 Å². The Kier molecular flexibility index (Phi) is 6.31. The second-order valence-electron chi connectivity index (χ2n) is 7.20. The second-order valence-corrected chi connectivity index (χ2v) is 7.20. The maximum atomic E-state index is 2.73. The van der Waals surface area contributed by atoms with Crippen molar-refractivity contribution in [2.75, 3.05) is 46.8 Å². The van der Waals surface area contributed by atoms with E-state index in [1.807, 2.05) is 0 Å². The van der Waals surface area contributed by atoms with Crippen LogP contribution in [0.2, 0.25) is 0 Å². The SMILES string of the molecule is CCC(C)N(C)C1CCN(CC2CCN(C)CC2)CC1. The molecule has 3 heteroatoms. The van der Waals surface area contributed by atoms with Gasteiger partial charge in [-0.15, -0.1) is 0 Å². The Labute approximate surface area is 126 Å². The molecule has 0 saturated carbocycles. The van der Waals surface area contributed by atoms with Gasteiger partial charge in [0.05, 0.1) is 0 Å². The van der Waals surface area contributed by atoms with Gasteiger partial charge in [-0.3, -0.25) is 0 Å². The molecule has 118 valence electrons. The summed E-state index contributed by atoms with van der Waals surface area (Å²) in [5.74, 6) is 0.954. The molecule has 0 aromatic carbocycles. The highest BCUT2D eigenvalue weighted by Crippen LogP contribution is 2.22. The molecule has 2 fully saturated rings. The van der Waals surface area contributed by atoms with Crippen LogP contribution in [0.5, 0.6) is 0 Å². The molecule has 0 aromatic heterocycles. The van der Waals surface area contributed by atoms with Crippen molar-refractivity contribution in [2.45, 2.75) is 58.0 Å². The standard InChI is InChI=1S/C17H35N3/c1-5-15(2)19(4)17-8-12-20(13-9-17)14-16-6-10-18(3)11-7-16/h15-17H,5-14H2,1-4H3. The highest BCUT2D eigenvalue weighted by molar-refractivity contribution is 4.82. The van der Waals surface area contributed by atoms with Gasteiger partial charge in [-0.05, 0) is 85.2 Å². The Morgan fingerprint density at radius 2 is 1.65 bits per heavy atom. The zero-order valence-corrected chi connectivity index (χ0v) is 14.1. The van der Waals surface area contributed by atoms with E-state index in [-0.39, 0.29) is 0 Å². The van der Waals surface area contributed by atoms with E-state index in [9.17, 15) is 0 Å². The molecule has 2 rings (SSSR count). The molecule has 0 aromatic rings. The van der Waals surface area contributed by atoms with E-state index < -0.39 is 0 Å². The van der Waals surface area contributed by atoms with Crippen molar-refractivity contribution >= 4 is 0 Å². The summed E-state index contributed by atoms with van der Waals surface area (Å²) < 4.78 is 0. The van der Waals surface area contributed by atoms with E-state index in [0.29, 0.717) is 0 Å². The Balaban J connectivity index is 1.69. The maximum absolute atomic E-state index is 2.73. The van der Waals surface area contributed by atoms with Crippen LogP contribution >= 0.6 is 0 Å². The van der Waals surface area contributed by atoms with Crippen molar-refractivity contribution in [2.24, 2.45) is 5.92 Å². The fraction of sp³-hybridized carbons (Fsp3) is 1.00. The van der Waals surface area contributed by atoms with Crippen molar-refractivity contribution in [3.8, 4) is 0 Å². The minimum absolute atomic E-state index is 0.737. The van der Waals surface area contributed by atoms with Gasteiger partial charge < -0.3 is 14.7 Å². The lowest BCUT2D eigenvalue weighted by Crippen LogP contribution is -2.47. The van der Waals surface area contributed by atoms with Gasteiger partial charge in [-0.2, -0.15) is 0 Å². The van der Waals surface area contributed by atoms with E-state index in [1.54, 1.807) is 0 Å². The number of rotatable bonds is 5. The smallest absolute Gasteiger partial charge is 0.0119 e. The molecule has 0 amide bonds. The topological polar surface area (TPSA) is 9.72 Å². The molecule has 1 unspecified atom stereocenters. The molecule has 0 bridgehead atoms. The lowest BCUT2D eigenvalue weighted by Gasteiger charge is -2.41. The molecular formula is C17H35N3. The number of likely N-dealkylation sites (tertiary alicyclic amines) is 2. The third kappa shape index (κ3) is 4.44. The predicted octanol–water partition coefficient (Wildman–Crippen LogP) is 2.52. The number of piperidine rings is 2. The summed E-state index contributed by atoms with van der Waals surface area (Å²) in [5, 5.41) is 0. The minimum Gasteiger partial charge on any atom is -0.306 e. The lowest BCUT2D eigenvalue weighted by atomic mass is 9.94. The van der Waals surface area contributed by atoms with Crippen LogP contribution < -0.4 is 0 Å². The normalized spacial score (nSPS) is 26.2. The van der Waals surface area contributed by atoms with Gasteiger partial charge in [0.25, 0.3) is 0 Å². The highest BCUT2D eigenvalue weighted by Gasteiger charge is 2.26. The molecular weight excluding hydrogens is 246 g/mol. The van der Waals surface area contributed by atoms with Gasteiger partial charge in [0.1, 0.15) is 0 Å². The summed E-state index contributed by atoms with van der Waals surface area (Å²) >= 11 is 0. The van der Waals surface area contributed by atoms with Crippen LogP contribution in [-0.2, 0) is 0 Å². The zero-order chi connectivity index (χ0) is 14.5. The highest BCUT2D eigenvalue weighted by atomic mass is 15.2. The Hall–Kier alpha value is -0.120. The maximum Gasteiger partial charge on any atom is 0.0119 e. The first-order valence-corrected chi connectivity index (χ1v) is 8.73. The van der Waals surface area contributed by atoms with E-state index in [4.69, 9.17) is 0 Å². The van der Waals surface area contributed by atoms with Crippen molar-refractivity contribution < 1.29 is 0 Å². The molecule has 20 heavy (non-hydrogen) atoms. The van der Waals surface area contributed by atoms with E-state index >= 15 is 0 Å². The summed E-state index contributed by atoms with van der Waals surface area (Å²) in [7, 11) is 4.58. The first kappa shape index (κ1) is 16.3. The molecule has 3 nitrogen and oxygen atoms in total. The first-order chi connectivity index (χ1) is 9.60. The Morgan fingerprint density at radius 1 is 1.05 bits per heavy atom. The third-order valence-corrected chi connectivity index (χ3v) is 5.77. The van der Waals surface area contributed by atoms with E-state index in [1.165, 1.54) is 64.8 Å². The predicted molar refractivity (Wildman–Crippen MR) is 87.2 cm³/mol. The molecule has 2 aliphatic heterocycles. The van der Waals surface area contributed by atoms with Gasteiger partial charge in [0, 0.05) is 18.6 Å². The van der Waals surface area contributed by atoms with E-state index in [2.05, 4.69) is 42.6 Å². The van der Waals surface area contributed by atoms with Crippen molar-refractivity contribution in [1.82, 2.24) is 14.7 Å². The Bertz CT molecular complexity index is 265. The van der Waals surface area contributed by atoms with Crippen LogP contribution in [0.25, 0.3) is 0 Å². The largest absolute Gasteiger partial charge is 0.306 e. The average Bonchev–Trinajstić information content (AvgIpc) is 2.49. The van der Waals surface area contributed by atoms with Gasteiger partial charge in [0.2, 0.25) is 0 Å². The molecule has 2 heterocycles. The van der Waals surface area contributed by atoms with Crippen molar-refractivity contribution in [3.63, 3.8) is 0 Å². The molecule has 0 aliphatic carbocycles. The number of hydrogen-bond acceptors (Lipinski definition) is 3. The van der Waals surface area contributed by atoms with Gasteiger partial charge in [-0.1, -0.05) is 6.92 Å². The molecule has 0 N–H and O–H groups in total. The van der Waals surface area contributed by atoms with Crippen molar-refractivity contribution in [1.29, 1.82) is 0 Å². The van der Waals surface area contributed by atoms with Crippen molar-refractivity contribution in [3.05, 3.63) is 0 Å². The van der Waals surface area contributed by atoms with Crippen LogP contribution in [0.4, 0.5) is 0 Å². The molecule has 2 saturated heterocycles. The summed E-state index contributed by atoms with van der Waals surface area (Å²) in [6.07, 6.45) is 6.82. The monoisotopic (exact) mass is 281 g/mol.